The number of benzene rings is 1. The Morgan fingerprint density at radius 3 is 2.81 bits per heavy atom. The number of carbonyl (C=O) groups excluding carboxylic acids is 2. The topological polar surface area (TPSA) is 73.9 Å². The van der Waals surface area contributed by atoms with Crippen LogP contribution in [-0.2, 0) is 9.53 Å². The summed E-state index contributed by atoms with van der Waals surface area (Å²) in [5.74, 6) is 0.593. The van der Waals surface area contributed by atoms with Crippen molar-refractivity contribution in [2.75, 3.05) is 18.7 Å². The minimum absolute atomic E-state index is 0.205. The van der Waals surface area contributed by atoms with Crippen molar-refractivity contribution >= 4 is 34.3 Å². The van der Waals surface area contributed by atoms with Gasteiger partial charge in [0.25, 0.3) is 0 Å². The van der Waals surface area contributed by atoms with E-state index in [1.165, 1.54) is 17.4 Å². The van der Waals surface area contributed by atoms with Crippen LogP contribution >= 0.6 is 11.3 Å². The third-order valence-corrected chi connectivity index (χ3v) is 5.05. The first-order chi connectivity index (χ1) is 12.5. The van der Waals surface area contributed by atoms with Crippen molar-refractivity contribution in [3.8, 4) is 11.5 Å². The number of ether oxygens (including phenoxy) is 3. The van der Waals surface area contributed by atoms with Gasteiger partial charge in [0, 0.05) is 11.0 Å². The molecule has 1 N–H and O–H groups in total. The molecule has 0 saturated carbocycles. The van der Waals surface area contributed by atoms with Crippen LogP contribution in [-0.4, -0.2) is 25.3 Å². The number of fused-ring (bicyclic) bond motifs is 1. The molecule has 0 saturated heterocycles. The van der Waals surface area contributed by atoms with E-state index in [1.807, 2.05) is 19.9 Å². The van der Waals surface area contributed by atoms with E-state index in [9.17, 15) is 9.59 Å². The van der Waals surface area contributed by atoms with Crippen molar-refractivity contribution in [3.05, 3.63) is 45.8 Å². The summed E-state index contributed by atoms with van der Waals surface area (Å²) in [6.45, 7) is 5.98. The highest BCUT2D eigenvalue weighted by molar-refractivity contribution is 7.16. The number of thiophene rings is 1. The van der Waals surface area contributed by atoms with Crippen LogP contribution in [0.2, 0.25) is 0 Å². The van der Waals surface area contributed by atoms with Gasteiger partial charge in [0.1, 0.15) is 5.00 Å². The van der Waals surface area contributed by atoms with E-state index in [1.54, 1.807) is 25.1 Å². The lowest BCUT2D eigenvalue weighted by Crippen LogP contribution is -2.12. The lowest BCUT2D eigenvalue weighted by atomic mass is 10.1. The SMILES string of the molecule is CCOC(=O)c1c(NC(=O)/C=C/c2ccc3c(c2)OCO3)sc(C)c1C. The molecule has 0 spiro atoms. The summed E-state index contributed by atoms with van der Waals surface area (Å²) in [5, 5.41) is 3.27. The molecule has 26 heavy (non-hydrogen) atoms. The first kappa shape index (κ1) is 18.0. The molecule has 0 radical (unpaired) electrons. The van der Waals surface area contributed by atoms with Crippen LogP contribution in [0.1, 0.15) is 33.3 Å². The molecule has 0 bridgehead atoms. The van der Waals surface area contributed by atoms with Gasteiger partial charge >= 0.3 is 5.97 Å². The molecule has 2 aromatic rings. The van der Waals surface area contributed by atoms with Gasteiger partial charge in [-0.05, 0) is 50.1 Å². The maximum atomic E-state index is 12.3. The summed E-state index contributed by atoms with van der Waals surface area (Å²) >= 11 is 1.36. The second-order valence-electron chi connectivity index (χ2n) is 5.64. The highest BCUT2D eigenvalue weighted by Gasteiger charge is 2.21. The van der Waals surface area contributed by atoms with Gasteiger partial charge in [0.05, 0.1) is 12.2 Å². The molecule has 0 unspecified atom stereocenters. The van der Waals surface area contributed by atoms with Crippen LogP contribution in [0.25, 0.3) is 6.08 Å². The van der Waals surface area contributed by atoms with Gasteiger partial charge in [-0.2, -0.15) is 0 Å². The monoisotopic (exact) mass is 373 g/mol. The number of rotatable bonds is 5. The standard InChI is InChI=1S/C19H19NO5S/c1-4-23-19(22)17-11(2)12(3)26-18(17)20-16(21)8-6-13-5-7-14-15(9-13)25-10-24-14/h5-9H,4,10H2,1-3H3,(H,20,21)/b8-6+. The third-order valence-electron chi connectivity index (χ3n) is 3.93. The zero-order valence-corrected chi connectivity index (χ0v) is 15.6. The first-order valence-corrected chi connectivity index (χ1v) is 8.97. The minimum Gasteiger partial charge on any atom is -0.462 e. The number of carbonyl (C=O) groups is 2. The van der Waals surface area contributed by atoms with Crippen LogP contribution in [0.5, 0.6) is 11.5 Å². The number of nitrogens with one attached hydrogen (secondary N) is 1. The lowest BCUT2D eigenvalue weighted by Gasteiger charge is -2.05. The molecule has 0 fully saturated rings. The van der Waals surface area contributed by atoms with Gasteiger partial charge in [-0.25, -0.2) is 4.79 Å². The van der Waals surface area contributed by atoms with Gasteiger partial charge in [0.15, 0.2) is 11.5 Å². The molecule has 136 valence electrons. The summed E-state index contributed by atoms with van der Waals surface area (Å²) in [6.07, 6.45) is 3.09. The fraction of sp³-hybridized carbons (Fsp3) is 0.263. The average Bonchev–Trinajstić information content (AvgIpc) is 3.17. The van der Waals surface area contributed by atoms with Crippen molar-refractivity contribution in [1.29, 1.82) is 0 Å². The van der Waals surface area contributed by atoms with E-state index < -0.39 is 5.97 Å². The molecule has 1 aliphatic heterocycles. The number of anilines is 1. The molecule has 1 aliphatic rings. The summed E-state index contributed by atoms with van der Waals surface area (Å²) in [5.41, 5.74) is 2.05. The Balaban J connectivity index is 1.74. The third kappa shape index (κ3) is 3.72. The smallest absolute Gasteiger partial charge is 0.341 e. The van der Waals surface area contributed by atoms with Gasteiger partial charge < -0.3 is 19.5 Å². The maximum absolute atomic E-state index is 12.3. The zero-order chi connectivity index (χ0) is 18.7. The minimum atomic E-state index is -0.426. The van der Waals surface area contributed by atoms with Gasteiger partial charge in [0.2, 0.25) is 12.7 Å². The molecule has 1 aromatic heterocycles. The quantitative estimate of drug-likeness (QED) is 0.635. The molecule has 3 rings (SSSR count). The first-order valence-electron chi connectivity index (χ1n) is 8.15. The number of amides is 1. The molecule has 0 atom stereocenters. The Morgan fingerprint density at radius 1 is 1.27 bits per heavy atom. The molecule has 7 heteroatoms. The second kappa shape index (κ2) is 7.61. The number of hydrogen-bond acceptors (Lipinski definition) is 6. The number of aryl methyl sites for hydroxylation is 1. The predicted octanol–water partition coefficient (Wildman–Crippen LogP) is 3.92. The summed E-state index contributed by atoms with van der Waals surface area (Å²) < 4.78 is 15.7. The van der Waals surface area contributed by atoms with Gasteiger partial charge in [-0.1, -0.05) is 6.07 Å². The number of hydrogen-bond donors (Lipinski definition) is 1. The summed E-state index contributed by atoms with van der Waals surface area (Å²) in [6, 6.07) is 5.43. The highest BCUT2D eigenvalue weighted by atomic mass is 32.1. The zero-order valence-electron chi connectivity index (χ0n) is 14.8. The van der Waals surface area contributed by atoms with Crippen molar-refractivity contribution in [1.82, 2.24) is 0 Å². The highest BCUT2D eigenvalue weighted by Crippen LogP contribution is 2.34. The van der Waals surface area contributed by atoms with Crippen molar-refractivity contribution in [3.63, 3.8) is 0 Å². The fourth-order valence-corrected chi connectivity index (χ4v) is 3.56. The van der Waals surface area contributed by atoms with E-state index in [0.29, 0.717) is 22.1 Å². The molecule has 1 amide bonds. The largest absolute Gasteiger partial charge is 0.462 e. The van der Waals surface area contributed by atoms with E-state index in [4.69, 9.17) is 14.2 Å². The molecular weight excluding hydrogens is 354 g/mol. The average molecular weight is 373 g/mol. The van der Waals surface area contributed by atoms with Crippen LogP contribution in [0.3, 0.4) is 0 Å². The van der Waals surface area contributed by atoms with Crippen molar-refractivity contribution < 1.29 is 23.8 Å². The summed E-state index contributed by atoms with van der Waals surface area (Å²) in [7, 11) is 0. The number of esters is 1. The molecular formula is C19H19NO5S. The molecule has 1 aromatic carbocycles. The Kier molecular flexibility index (Phi) is 5.27. The van der Waals surface area contributed by atoms with Crippen molar-refractivity contribution in [2.45, 2.75) is 20.8 Å². The predicted molar refractivity (Wildman–Crippen MR) is 100.0 cm³/mol. The molecule has 6 nitrogen and oxygen atoms in total. The Bertz CT molecular complexity index is 884. The fourth-order valence-electron chi connectivity index (χ4n) is 2.51. The van der Waals surface area contributed by atoms with Gasteiger partial charge in [-0.3, -0.25) is 4.79 Å². The van der Waals surface area contributed by atoms with Crippen LogP contribution in [0.4, 0.5) is 5.00 Å². The van der Waals surface area contributed by atoms with E-state index in [0.717, 1.165) is 16.0 Å². The normalized spacial score (nSPS) is 12.4. The Morgan fingerprint density at radius 2 is 2.04 bits per heavy atom. The second-order valence-corrected chi connectivity index (χ2v) is 6.87. The van der Waals surface area contributed by atoms with E-state index in [2.05, 4.69) is 5.32 Å². The Labute approximate surface area is 155 Å². The van der Waals surface area contributed by atoms with Crippen LogP contribution in [0, 0.1) is 13.8 Å². The Hall–Kier alpha value is -2.80. The molecule has 0 aliphatic carbocycles. The van der Waals surface area contributed by atoms with Crippen LogP contribution < -0.4 is 14.8 Å². The van der Waals surface area contributed by atoms with Crippen LogP contribution in [0.15, 0.2) is 24.3 Å². The van der Waals surface area contributed by atoms with Gasteiger partial charge in [-0.15, -0.1) is 11.3 Å². The maximum Gasteiger partial charge on any atom is 0.341 e. The van der Waals surface area contributed by atoms with E-state index in [-0.39, 0.29) is 19.3 Å². The van der Waals surface area contributed by atoms with E-state index >= 15 is 0 Å². The molecule has 2 heterocycles. The van der Waals surface area contributed by atoms with Crippen molar-refractivity contribution in [2.24, 2.45) is 0 Å². The summed E-state index contributed by atoms with van der Waals surface area (Å²) in [4.78, 5) is 25.4. The lowest BCUT2D eigenvalue weighted by molar-refractivity contribution is -0.111.